The number of hydrogen-bond acceptors (Lipinski definition) is 1. The largest absolute Gasteiger partial charge is 0.349 e. The first-order chi connectivity index (χ1) is 10.2. The van der Waals surface area contributed by atoms with E-state index in [4.69, 9.17) is 11.6 Å². The molecule has 112 valence electrons. The Balaban J connectivity index is 1.87. The van der Waals surface area contributed by atoms with E-state index >= 15 is 0 Å². The summed E-state index contributed by atoms with van der Waals surface area (Å²) >= 11 is 6.12. The molecule has 0 saturated carbocycles. The molecule has 3 rings (SSSR count). The van der Waals surface area contributed by atoms with E-state index in [1.165, 1.54) is 42.5 Å². The van der Waals surface area contributed by atoms with Gasteiger partial charge >= 0.3 is 0 Å². The van der Waals surface area contributed by atoms with Gasteiger partial charge in [0, 0.05) is 30.0 Å². The van der Waals surface area contributed by atoms with E-state index in [1.807, 2.05) is 7.05 Å². The molecule has 1 aliphatic carbocycles. The van der Waals surface area contributed by atoms with Crippen LogP contribution in [0.15, 0.2) is 30.6 Å². The predicted octanol–water partition coefficient (Wildman–Crippen LogP) is 4.32. The van der Waals surface area contributed by atoms with E-state index < -0.39 is 0 Å². The number of aryl methyl sites for hydroxylation is 1. The van der Waals surface area contributed by atoms with Crippen LogP contribution in [0, 0.1) is 5.82 Å². The molecule has 0 fully saturated rings. The van der Waals surface area contributed by atoms with Gasteiger partial charge in [-0.15, -0.1) is 0 Å². The third kappa shape index (κ3) is 3.14. The van der Waals surface area contributed by atoms with Crippen molar-refractivity contribution in [1.29, 1.82) is 0 Å². The SMILES string of the molecule is CNC1CCCCc2cn(Cc3ccc(F)cc3Cl)cc21. The Morgan fingerprint density at radius 2 is 2.19 bits per heavy atom. The second-order valence-corrected chi connectivity index (χ2v) is 6.14. The van der Waals surface area contributed by atoms with Gasteiger partial charge < -0.3 is 9.88 Å². The number of fused-ring (bicyclic) bond motifs is 1. The maximum absolute atomic E-state index is 13.1. The summed E-state index contributed by atoms with van der Waals surface area (Å²) in [6.07, 6.45) is 9.26. The fourth-order valence-electron chi connectivity index (χ4n) is 3.15. The summed E-state index contributed by atoms with van der Waals surface area (Å²) in [6.45, 7) is 0.683. The number of halogens is 2. The van der Waals surface area contributed by atoms with Gasteiger partial charge in [0.05, 0.1) is 0 Å². The van der Waals surface area contributed by atoms with Gasteiger partial charge in [0.15, 0.2) is 0 Å². The molecule has 21 heavy (non-hydrogen) atoms. The fraction of sp³-hybridized carbons (Fsp3) is 0.412. The third-order valence-electron chi connectivity index (χ3n) is 4.28. The van der Waals surface area contributed by atoms with Gasteiger partial charge in [-0.25, -0.2) is 4.39 Å². The molecule has 1 heterocycles. The van der Waals surface area contributed by atoms with Crippen molar-refractivity contribution in [3.05, 3.63) is 58.1 Å². The molecule has 2 nitrogen and oxygen atoms in total. The zero-order valence-corrected chi connectivity index (χ0v) is 13.0. The highest BCUT2D eigenvalue weighted by Crippen LogP contribution is 2.30. The molecule has 0 saturated heterocycles. The molecule has 1 aromatic heterocycles. The van der Waals surface area contributed by atoms with Crippen LogP contribution in [0.2, 0.25) is 5.02 Å². The Bertz CT molecular complexity index is 636. The van der Waals surface area contributed by atoms with Crippen molar-refractivity contribution in [2.45, 2.75) is 38.3 Å². The Labute approximate surface area is 129 Å². The minimum atomic E-state index is -0.290. The molecule has 1 aliphatic rings. The summed E-state index contributed by atoms with van der Waals surface area (Å²) in [7, 11) is 2.02. The van der Waals surface area contributed by atoms with Crippen molar-refractivity contribution in [2.75, 3.05) is 7.05 Å². The lowest BCUT2D eigenvalue weighted by Gasteiger charge is -2.13. The van der Waals surface area contributed by atoms with E-state index in [2.05, 4.69) is 22.3 Å². The quantitative estimate of drug-likeness (QED) is 0.836. The summed E-state index contributed by atoms with van der Waals surface area (Å²) in [6, 6.07) is 5.04. The molecule has 1 aromatic carbocycles. The summed E-state index contributed by atoms with van der Waals surface area (Å²) in [5.41, 5.74) is 3.77. The van der Waals surface area contributed by atoms with Crippen LogP contribution in [0.25, 0.3) is 0 Å². The molecule has 1 atom stereocenters. The second-order valence-electron chi connectivity index (χ2n) is 5.73. The van der Waals surface area contributed by atoms with E-state index in [-0.39, 0.29) is 5.82 Å². The van der Waals surface area contributed by atoms with Crippen molar-refractivity contribution < 1.29 is 4.39 Å². The first-order valence-electron chi connectivity index (χ1n) is 7.47. The number of nitrogens with zero attached hydrogens (tertiary/aromatic N) is 1. The highest BCUT2D eigenvalue weighted by molar-refractivity contribution is 6.31. The Morgan fingerprint density at radius 3 is 2.95 bits per heavy atom. The van der Waals surface area contributed by atoms with Gasteiger partial charge in [0.2, 0.25) is 0 Å². The Hall–Kier alpha value is -1.32. The summed E-state index contributed by atoms with van der Waals surface area (Å²) in [5, 5.41) is 3.90. The zero-order chi connectivity index (χ0) is 14.8. The molecule has 0 amide bonds. The van der Waals surface area contributed by atoms with Crippen LogP contribution in [0.4, 0.5) is 4.39 Å². The molecule has 2 aromatic rings. The molecule has 0 aliphatic heterocycles. The van der Waals surface area contributed by atoms with Crippen LogP contribution in [-0.4, -0.2) is 11.6 Å². The number of rotatable bonds is 3. The van der Waals surface area contributed by atoms with Crippen LogP contribution >= 0.6 is 11.6 Å². The smallest absolute Gasteiger partial charge is 0.124 e. The maximum atomic E-state index is 13.1. The average molecular weight is 307 g/mol. The zero-order valence-electron chi connectivity index (χ0n) is 12.2. The van der Waals surface area contributed by atoms with Gasteiger partial charge in [-0.1, -0.05) is 24.1 Å². The Morgan fingerprint density at radius 1 is 1.33 bits per heavy atom. The molecule has 4 heteroatoms. The predicted molar refractivity (Wildman–Crippen MR) is 84.3 cm³/mol. The lowest BCUT2D eigenvalue weighted by molar-refractivity contribution is 0.531. The maximum Gasteiger partial charge on any atom is 0.124 e. The fourth-order valence-corrected chi connectivity index (χ4v) is 3.38. The van der Waals surface area contributed by atoms with E-state index in [9.17, 15) is 4.39 Å². The third-order valence-corrected chi connectivity index (χ3v) is 4.63. The molecule has 0 radical (unpaired) electrons. The normalized spacial score (nSPS) is 18.3. The minimum absolute atomic E-state index is 0.290. The Kier molecular flexibility index (Phi) is 4.32. The number of hydrogen-bond donors (Lipinski definition) is 1. The molecular formula is C17H20ClFN2. The first kappa shape index (κ1) is 14.6. The average Bonchev–Trinajstić information content (AvgIpc) is 2.75. The highest BCUT2D eigenvalue weighted by Gasteiger charge is 2.19. The summed E-state index contributed by atoms with van der Waals surface area (Å²) in [4.78, 5) is 0. The molecule has 0 spiro atoms. The van der Waals surface area contributed by atoms with Crippen molar-refractivity contribution in [2.24, 2.45) is 0 Å². The molecule has 1 N–H and O–H groups in total. The van der Waals surface area contributed by atoms with E-state index in [0.29, 0.717) is 17.6 Å². The van der Waals surface area contributed by atoms with Crippen LogP contribution < -0.4 is 5.32 Å². The second kappa shape index (κ2) is 6.20. The number of benzene rings is 1. The van der Waals surface area contributed by atoms with Gasteiger partial charge in [-0.05, 0) is 55.1 Å². The molecule has 0 bridgehead atoms. The van der Waals surface area contributed by atoms with E-state index in [0.717, 1.165) is 12.0 Å². The van der Waals surface area contributed by atoms with Crippen LogP contribution in [0.5, 0.6) is 0 Å². The van der Waals surface area contributed by atoms with Gasteiger partial charge in [0.25, 0.3) is 0 Å². The van der Waals surface area contributed by atoms with Crippen molar-refractivity contribution >= 4 is 11.6 Å². The van der Waals surface area contributed by atoms with Crippen LogP contribution in [0.1, 0.15) is 42.0 Å². The lowest BCUT2D eigenvalue weighted by Crippen LogP contribution is -2.15. The van der Waals surface area contributed by atoms with Crippen LogP contribution in [-0.2, 0) is 13.0 Å². The lowest BCUT2D eigenvalue weighted by atomic mass is 10.1. The standard InChI is InChI=1S/C17H20ClFN2/c1-20-17-5-3-2-4-12-9-21(11-15(12)17)10-13-6-7-14(19)8-16(13)18/h6-9,11,17,20H,2-5,10H2,1H3. The van der Waals surface area contributed by atoms with Gasteiger partial charge in [-0.3, -0.25) is 0 Å². The summed E-state index contributed by atoms with van der Waals surface area (Å²) in [5.74, 6) is -0.290. The van der Waals surface area contributed by atoms with Crippen LogP contribution in [0.3, 0.4) is 0 Å². The minimum Gasteiger partial charge on any atom is -0.349 e. The topological polar surface area (TPSA) is 17.0 Å². The summed E-state index contributed by atoms with van der Waals surface area (Å²) < 4.78 is 15.3. The van der Waals surface area contributed by atoms with E-state index in [1.54, 1.807) is 6.07 Å². The van der Waals surface area contributed by atoms with Crippen molar-refractivity contribution in [3.8, 4) is 0 Å². The number of nitrogens with one attached hydrogen (secondary N) is 1. The van der Waals surface area contributed by atoms with Gasteiger partial charge in [-0.2, -0.15) is 0 Å². The van der Waals surface area contributed by atoms with Crippen molar-refractivity contribution in [3.63, 3.8) is 0 Å². The van der Waals surface area contributed by atoms with Gasteiger partial charge in [0.1, 0.15) is 5.82 Å². The van der Waals surface area contributed by atoms with Crippen molar-refractivity contribution in [1.82, 2.24) is 9.88 Å². The first-order valence-corrected chi connectivity index (χ1v) is 7.85. The number of aromatic nitrogens is 1. The molecular weight excluding hydrogens is 287 g/mol. The highest BCUT2D eigenvalue weighted by atomic mass is 35.5. The molecule has 1 unspecified atom stereocenters. The monoisotopic (exact) mass is 306 g/mol.